The second-order valence-electron chi connectivity index (χ2n) is 3.36. The van der Waals surface area contributed by atoms with E-state index in [0.717, 1.165) is 0 Å². The summed E-state index contributed by atoms with van der Waals surface area (Å²) in [4.78, 5) is -0.140. The lowest BCUT2D eigenvalue weighted by Crippen LogP contribution is -2.13. The quantitative estimate of drug-likeness (QED) is 0.805. The third-order valence-corrected chi connectivity index (χ3v) is 3.26. The maximum atomic E-state index is 12.2. The lowest BCUT2D eigenvalue weighted by Gasteiger charge is -2.04. The lowest BCUT2D eigenvalue weighted by molar-refractivity contribution is 0.400. The van der Waals surface area contributed by atoms with Crippen LogP contribution in [0.2, 0.25) is 4.24 Å². The summed E-state index contributed by atoms with van der Waals surface area (Å²) in [5.74, 6) is 0.246. The monoisotopic (exact) mass is 256 g/mol. The molecule has 0 fully saturated rings. The number of rotatable bonds is 4. The number of nitrogens with two attached hydrogens (primary N) is 1. The van der Waals surface area contributed by atoms with Crippen molar-refractivity contribution in [1.29, 1.82) is 0 Å². The standard InChI is InChI=1S/C10H11N3O3S/c1-7-6-10(12-16-7)13-17(14,15)9-4-2-8(11)3-5-9/h2-6H,11H2,1H3,(H,12,13)/i/hD3. The van der Waals surface area contributed by atoms with E-state index in [0.29, 0.717) is 11.5 Å². The van der Waals surface area contributed by atoms with Gasteiger partial charge in [0.1, 0.15) is 5.76 Å². The van der Waals surface area contributed by atoms with E-state index in [1.54, 1.807) is 6.92 Å². The molecule has 0 atom stereocenters. The molecule has 1 aromatic heterocycles. The fourth-order valence-corrected chi connectivity index (χ4v) is 2.11. The molecule has 0 bridgehead atoms. The van der Waals surface area contributed by atoms with E-state index in [1.807, 2.05) is 0 Å². The third-order valence-electron chi connectivity index (χ3n) is 1.96. The Balaban J connectivity index is 2.34. The van der Waals surface area contributed by atoms with Crippen LogP contribution in [0.5, 0.6) is 0 Å². The maximum Gasteiger partial charge on any atom is 0.263 e. The number of aryl methyl sites for hydroxylation is 1. The fraction of sp³-hybridized carbons (Fsp3) is 0.100. The second kappa shape index (κ2) is 4.10. The number of hydrogen-bond donors (Lipinski definition) is 2. The Bertz CT molecular complexity index is 700. The van der Waals surface area contributed by atoms with Crippen LogP contribution in [0.25, 0.3) is 0 Å². The molecule has 0 aliphatic carbocycles. The summed E-state index contributed by atoms with van der Waals surface area (Å²) >= 11 is 0. The summed E-state index contributed by atoms with van der Waals surface area (Å²) < 4.78 is 51.1. The molecule has 90 valence electrons. The Morgan fingerprint density at radius 3 is 2.71 bits per heavy atom. The molecule has 0 radical (unpaired) electrons. The molecule has 0 aliphatic heterocycles. The van der Waals surface area contributed by atoms with Gasteiger partial charge >= 0.3 is 0 Å². The topological polar surface area (TPSA) is 98.2 Å². The molecule has 0 amide bonds. The largest absolute Gasteiger partial charge is 0.399 e. The zero-order chi connectivity index (χ0) is 14.9. The molecule has 0 unspecified atom stereocenters. The Labute approximate surface area is 103 Å². The highest BCUT2D eigenvalue weighted by molar-refractivity contribution is 7.92. The Kier molecular flexibility index (Phi) is 1.96. The molecule has 0 saturated carbocycles. The molecule has 2 aromatic rings. The number of hydrogen-bond acceptors (Lipinski definition) is 5. The summed E-state index contributed by atoms with van der Waals surface area (Å²) in [5.41, 5.74) is 0.563. The van der Waals surface area contributed by atoms with Crippen molar-refractivity contribution < 1.29 is 17.2 Å². The summed E-state index contributed by atoms with van der Waals surface area (Å²) in [6.07, 6.45) is 0. The number of anilines is 2. The number of nitrogens with zero attached hydrogens (tertiary/aromatic N) is 1. The summed E-state index contributed by atoms with van der Waals surface area (Å²) in [7, 11) is -4.08. The first-order valence-corrected chi connectivity index (χ1v) is 6.12. The molecular weight excluding hydrogens is 242 g/mol. The van der Waals surface area contributed by atoms with Crippen molar-refractivity contribution in [1.82, 2.24) is 5.16 Å². The van der Waals surface area contributed by atoms with E-state index in [-0.39, 0.29) is 21.1 Å². The molecule has 7 heteroatoms. The van der Waals surface area contributed by atoms with Gasteiger partial charge in [-0.15, -0.1) is 0 Å². The predicted molar refractivity (Wildman–Crippen MR) is 62.9 cm³/mol. The van der Waals surface area contributed by atoms with Crippen LogP contribution in [0, 0.1) is 6.92 Å². The van der Waals surface area contributed by atoms with Crippen molar-refractivity contribution in [3.8, 4) is 0 Å². The predicted octanol–water partition coefficient (Wildman–Crippen LogP) is 1.37. The number of sulfonamides is 1. The molecule has 0 aliphatic rings. The van der Waals surface area contributed by atoms with Gasteiger partial charge in [-0.25, -0.2) is 8.42 Å². The van der Waals surface area contributed by atoms with Gasteiger partial charge in [0.2, 0.25) is 0 Å². The Morgan fingerprint density at radius 2 is 2.18 bits per heavy atom. The van der Waals surface area contributed by atoms with Crippen LogP contribution in [-0.4, -0.2) is 13.6 Å². The number of benzene rings is 1. The summed E-state index contributed by atoms with van der Waals surface area (Å²) in [6, 6.07) is 6.36. The van der Waals surface area contributed by atoms with Crippen molar-refractivity contribution in [2.75, 3.05) is 10.4 Å². The molecule has 1 heterocycles. The van der Waals surface area contributed by atoms with Crippen LogP contribution in [0.4, 0.5) is 11.5 Å². The van der Waals surface area contributed by atoms with Crippen LogP contribution in [0.1, 0.15) is 5.76 Å². The van der Waals surface area contributed by atoms with Gasteiger partial charge in [0, 0.05) is 11.8 Å². The number of nitrogen functional groups attached to an aromatic ring is 1. The Morgan fingerprint density at radius 1 is 1.47 bits per heavy atom. The van der Waals surface area contributed by atoms with Crippen LogP contribution < -0.4 is 10.4 Å². The smallest absolute Gasteiger partial charge is 0.263 e. The van der Waals surface area contributed by atoms with Gasteiger partial charge in [0.05, 0.1) is 4.90 Å². The molecule has 1 aromatic carbocycles. The number of aromatic nitrogens is 1. The van der Waals surface area contributed by atoms with Gasteiger partial charge in [0.15, 0.2) is 10.1 Å². The van der Waals surface area contributed by atoms with Gasteiger partial charge < -0.3 is 10.2 Å². The average molecular weight is 256 g/mol. The molecule has 0 saturated heterocycles. The molecule has 6 nitrogen and oxygen atoms in total. The zero-order valence-electron chi connectivity index (χ0n) is 11.9. The minimum atomic E-state index is -4.08. The molecule has 0 spiro atoms. The normalized spacial score (nSPS) is 13.6. The Hall–Kier alpha value is -2.02. The van der Waals surface area contributed by atoms with Crippen LogP contribution in [0.3, 0.4) is 0 Å². The van der Waals surface area contributed by atoms with Gasteiger partial charge in [-0.05, 0) is 31.2 Å². The molecule has 3 N–H and O–H groups in total. The van der Waals surface area contributed by atoms with E-state index >= 15 is 0 Å². The second-order valence-corrected chi connectivity index (χ2v) is 4.96. The van der Waals surface area contributed by atoms with Gasteiger partial charge in [-0.1, -0.05) is 5.16 Å². The average Bonchev–Trinajstić information content (AvgIpc) is 2.84. The summed E-state index contributed by atoms with van der Waals surface area (Å²) in [6.45, 7) is 1.59. The highest BCUT2D eigenvalue weighted by Crippen LogP contribution is 2.16. The van der Waals surface area contributed by atoms with Gasteiger partial charge in [-0.3, -0.25) is 4.72 Å². The van der Waals surface area contributed by atoms with E-state index in [2.05, 4.69) is 5.16 Å². The van der Waals surface area contributed by atoms with Crippen molar-refractivity contribution in [2.45, 2.75) is 11.8 Å². The van der Waals surface area contributed by atoms with Crippen molar-refractivity contribution in [3.05, 3.63) is 36.1 Å². The minimum Gasteiger partial charge on any atom is -0.399 e. The maximum absolute atomic E-state index is 12.2. The van der Waals surface area contributed by atoms with Crippen molar-refractivity contribution in [3.63, 3.8) is 0 Å². The first-order chi connectivity index (χ1) is 9.32. The first-order valence-electron chi connectivity index (χ1n) is 6.02. The van der Waals surface area contributed by atoms with E-state index in [9.17, 15) is 8.42 Å². The number of nitrogens with one attached hydrogen (secondary N) is 1. The molecular formula is C10H11N3O3S. The van der Waals surface area contributed by atoms with Crippen LogP contribution in [0.15, 0.2) is 39.8 Å². The minimum absolute atomic E-state index is 0.140. The van der Waals surface area contributed by atoms with Crippen LogP contribution >= 0.6 is 0 Å². The van der Waals surface area contributed by atoms with Gasteiger partial charge in [0.25, 0.3) is 10.0 Å². The third kappa shape index (κ3) is 2.56. The molecule has 17 heavy (non-hydrogen) atoms. The van der Waals surface area contributed by atoms with Crippen molar-refractivity contribution >= 4 is 21.5 Å². The van der Waals surface area contributed by atoms with Gasteiger partial charge in [-0.2, -0.15) is 0 Å². The van der Waals surface area contributed by atoms with E-state index in [1.165, 1.54) is 30.3 Å². The van der Waals surface area contributed by atoms with Crippen LogP contribution in [-0.2, 0) is 10.0 Å². The van der Waals surface area contributed by atoms with E-state index in [4.69, 9.17) is 8.76 Å². The highest BCUT2D eigenvalue weighted by Gasteiger charge is 2.15. The van der Waals surface area contributed by atoms with Crippen molar-refractivity contribution in [2.24, 2.45) is 0 Å². The highest BCUT2D eigenvalue weighted by atomic mass is 32.2. The van der Waals surface area contributed by atoms with E-state index < -0.39 is 10.0 Å². The lowest BCUT2D eigenvalue weighted by atomic mass is 10.3. The SMILES string of the molecule is [2H]N([2H])c1ccc(S(=O)(=O)N([2H])c2cc(C)on2)cc1. The fourth-order valence-electron chi connectivity index (χ4n) is 1.19. The molecule has 2 rings (SSSR count). The summed E-state index contributed by atoms with van der Waals surface area (Å²) in [5, 5.41) is 3.47. The first kappa shape index (κ1) is 8.13. The zero-order valence-corrected chi connectivity index (χ0v) is 9.68.